The zero-order valence-corrected chi connectivity index (χ0v) is 22.8. The molecule has 202 valence electrons. The molecule has 0 unspecified atom stereocenters. The van der Waals surface area contributed by atoms with Gasteiger partial charge in [-0.1, -0.05) is 6.07 Å². The molecular formula is C28H45N3O5. The molecule has 0 bridgehead atoms. The summed E-state index contributed by atoms with van der Waals surface area (Å²) in [4.78, 5) is 30.4. The lowest BCUT2D eigenvalue weighted by molar-refractivity contribution is -0.137. The average molecular weight is 504 g/mol. The maximum absolute atomic E-state index is 13.6. The van der Waals surface area contributed by atoms with E-state index >= 15 is 0 Å². The molecule has 1 aromatic rings. The van der Waals surface area contributed by atoms with Crippen molar-refractivity contribution in [3.05, 3.63) is 29.3 Å². The van der Waals surface area contributed by atoms with E-state index in [1.54, 1.807) is 7.11 Å². The molecule has 0 radical (unpaired) electrons. The number of hydrogen-bond acceptors (Lipinski definition) is 6. The lowest BCUT2D eigenvalue weighted by Crippen LogP contribution is -2.44. The van der Waals surface area contributed by atoms with Gasteiger partial charge in [0.15, 0.2) is 0 Å². The Labute approximate surface area is 216 Å². The van der Waals surface area contributed by atoms with Gasteiger partial charge < -0.3 is 29.3 Å². The number of hydrogen-bond donors (Lipinski definition) is 1. The van der Waals surface area contributed by atoms with Crippen LogP contribution in [0.25, 0.3) is 0 Å². The van der Waals surface area contributed by atoms with Crippen LogP contribution in [0.1, 0.15) is 49.0 Å². The van der Waals surface area contributed by atoms with E-state index in [-0.39, 0.29) is 29.7 Å². The molecule has 8 heteroatoms. The van der Waals surface area contributed by atoms with E-state index < -0.39 is 0 Å². The summed E-state index contributed by atoms with van der Waals surface area (Å²) in [5.41, 5.74) is 1.66. The van der Waals surface area contributed by atoms with Crippen molar-refractivity contribution in [3.63, 3.8) is 0 Å². The van der Waals surface area contributed by atoms with Gasteiger partial charge in [-0.05, 0) is 63.1 Å². The van der Waals surface area contributed by atoms with Crippen LogP contribution in [-0.4, -0.2) is 94.4 Å². The van der Waals surface area contributed by atoms with Crippen LogP contribution in [0.4, 0.5) is 0 Å². The number of aryl methyl sites for hydroxylation is 1. The van der Waals surface area contributed by atoms with Gasteiger partial charge in [-0.25, -0.2) is 0 Å². The molecule has 2 saturated heterocycles. The number of amides is 2. The Morgan fingerprint density at radius 3 is 2.47 bits per heavy atom. The van der Waals surface area contributed by atoms with Crippen molar-refractivity contribution in [2.75, 3.05) is 66.8 Å². The minimum Gasteiger partial charge on any atom is -0.493 e. The summed E-state index contributed by atoms with van der Waals surface area (Å²) in [7, 11) is 3.59. The molecule has 2 aliphatic heterocycles. The molecule has 2 atom stereocenters. The largest absolute Gasteiger partial charge is 0.493 e. The molecule has 1 aromatic carbocycles. The van der Waals surface area contributed by atoms with Crippen LogP contribution in [0.5, 0.6) is 5.75 Å². The van der Waals surface area contributed by atoms with E-state index in [1.165, 1.54) is 0 Å². The fourth-order valence-electron chi connectivity index (χ4n) is 5.13. The predicted octanol–water partition coefficient (Wildman–Crippen LogP) is 2.98. The minimum absolute atomic E-state index is 0.0176. The summed E-state index contributed by atoms with van der Waals surface area (Å²) >= 11 is 0. The summed E-state index contributed by atoms with van der Waals surface area (Å²) in [6.45, 7) is 11.7. The van der Waals surface area contributed by atoms with Gasteiger partial charge >= 0.3 is 0 Å². The van der Waals surface area contributed by atoms with Crippen LogP contribution in [0.2, 0.25) is 0 Å². The monoisotopic (exact) mass is 503 g/mol. The summed E-state index contributed by atoms with van der Waals surface area (Å²) in [5.74, 6) is 1.65. The first-order valence-corrected chi connectivity index (χ1v) is 13.4. The highest BCUT2D eigenvalue weighted by Gasteiger charge is 2.34. The van der Waals surface area contributed by atoms with Gasteiger partial charge in [0, 0.05) is 84.1 Å². The first-order chi connectivity index (χ1) is 17.3. The number of methoxy groups -OCH3 is 1. The SMILES string of the molecule is COCCCOc1cc(C(=O)N(C[C@@H]2CNC[C@H]2CN(C)C(=O)C2CCOCC2)C(C)C)ccc1C. The topological polar surface area (TPSA) is 80.3 Å². The molecule has 2 heterocycles. The zero-order valence-electron chi connectivity index (χ0n) is 22.8. The Kier molecular flexibility index (Phi) is 11.0. The molecule has 2 aliphatic rings. The molecule has 0 aliphatic carbocycles. The van der Waals surface area contributed by atoms with Crippen LogP contribution in [0.3, 0.4) is 0 Å². The second kappa shape index (κ2) is 14.0. The van der Waals surface area contributed by atoms with Crippen molar-refractivity contribution in [3.8, 4) is 5.75 Å². The number of nitrogens with zero attached hydrogens (tertiary/aromatic N) is 2. The number of ether oxygens (including phenoxy) is 3. The van der Waals surface area contributed by atoms with E-state index in [2.05, 4.69) is 19.2 Å². The van der Waals surface area contributed by atoms with Crippen LogP contribution in [-0.2, 0) is 14.3 Å². The molecule has 2 amide bonds. The molecule has 0 saturated carbocycles. The third-order valence-corrected chi connectivity index (χ3v) is 7.44. The van der Waals surface area contributed by atoms with Gasteiger partial charge in [0.2, 0.25) is 5.91 Å². The van der Waals surface area contributed by atoms with E-state index in [0.717, 1.165) is 43.7 Å². The summed E-state index contributed by atoms with van der Waals surface area (Å²) < 4.78 is 16.4. The van der Waals surface area contributed by atoms with Gasteiger partial charge in [-0.3, -0.25) is 9.59 Å². The number of benzene rings is 1. The van der Waals surface area contributed by atoms with Crippen molar-refractivity contribution in [1.82, 2.24) is 15.1 Å². The molecule has 1 N–H and O–H groups in total. The first-order valence-electron chi connectivity index (χ1n) is 13.4. The second-order valence-corrected chi connectivity index (χ2v) is 10.5. The molecule has 0 spiro atoms. The quantitative estimate of drug-likeness (QED) is 0.442. The lowest BCUT2D eigenvalue weighted by Gasteiger charge is -2.34. The minimum atomic E-state index is 0.0176. The Morgan fingerprint density at radius 1 is 1.11 bits per heavy atom. The smallest absolute Gasteiger partial charge is 0.254 e. The van der Waals surface area contributed by atoms with Crippen molar-refractivity contribution < 1.29 is 23.8 Å². The van der Waals surface area contributed by atoms with E-state index in [9.17, 15) is 9.59 Å². The van der Waals surface area contributed by atoms with E-state index in [1.807, 2.05) is 42.0 Å². The predicted molar refractivity (Wildman–Crippen MR) is 140 cm³/mol. The standard InChI is InChI=1S/C28H45N3O5/c1-20(2)31(28(33)23-8-7-21(3)26(15-23)36-12-6-11-34-5)19-25-17-29-16-24(25)18-30(4)27(32)22-9-13-35-14-10-22/h7-8,15,20,22,24-25,29H,6,9-14,16-19H2,1-5H3/t24-,25-/m0/s1. The molecule has 2 fully saturated rings. The first kappa shape index (κ1) is 28.4. The molecule has 36 heavy (non-hydrogen) atoms. The molecular weight excluding hydrogens is 458 g/mol. The van der Waals surface area contributed by atoms with Crippen LogP contribution < -0.4 is 10.1 Å². The highest BCUT2D eigenvalue weighted by atomic mass is 16.5. The third-order valence-electron chi connectivity index (χ3n) is 7.44. The average Bonchev–Trinajstić information content (AvgIpc) is 3.32. The van der Waals surface area contributed by atoms with Gasteiger partial charge in [-0.15, -0.1) is 0 Å². The Bertz CT molecular complexity index is 856. The van der Waals surface area contributed by atoms with Crippen LogP contribution in [0, 0.1) is 24.7 Å². The van der Waals surface area contributed by atoms with Crippen molar-refractivity contribution in [2.24, 2.45) is 17.8 Å². The summed E-state index contributed by atoms with van der Waals surface area (Å²) in [5, 5.41) is 3.49. The summed E-state index contributed by atoms with van der Waals surface area (Å²) in [6, 6.07) is 5.77. The molecule has 0 aromatic heterocycles. The Hall–Kier alpha value is -2.16. The Balaban J connectivity index is 1.63. The fourth-order valence-corrected chi connectivity index (χ4v) is 5.13. The normalized spacial score (nSPS) is 20.5. The maximum atomic E-state index is 13.6. The van der Waals surface area contributed by atoms with Crippen molar-refractivity contribution >= 4 is 11.8 Å². The fraction of sp³-hybridized carbons (Fsp3) is 0.714. The van der Waals surface area contributed by atoms with Crippen molar-refractivity contribution in [2.45, 2.75) is 46.1 Å². The van der Waals surface area contributed by atoms with Crippen LogP contribution >= 0.6 is 0 Å². The highest BCUT2D eigenvalue weighted by molar-refractivity contribution is 5.95. The van der Waals surface area contributed by atoms with Crippen LogP contribution in [0.15, 0.2) is 18.2 Å². The lowest BCUT2D eigenvalue weighted by atomic mass is 9.93. The number of carbonyl (C=O) groups excluding carboxylic acids is 2. The van der Waals surface area contributed by atoms with Gasteiger partial charge in [0.05, 0.1) is 6.61 Å². The van der Waals surface area contributed by atoms with Gasteiger partial charge in [0.1, 0.15) is 5.75 Å². The molecule has 8 nitrogen and oxygen atoms in total. The number of carbonyl (C=O) groups is 2. The van der Waals surface area contributed by atoms with E-state index in [0.29, 0.717) is 51.0 Å². The number of rotatable bonds is 12. The molecule has 3 rings (SSSR count). The van der Waals surface area contributed by atoms with Gasteiger partial charge in [0.25, 0.3) is 5.91 Å². The maximum Gasteiger partial charge on any atom is 0.254 e. The zero-order chi connectivity index (χ0) is 26.1. The summed E-state index contributed by atoms with van der Waals surface area (Å²) in [6.07, 6.45) is 2.41. The highest BCUT2D eigenvalue weighted by Crippen LogP contribution is 2.25. The number of nitrogens with one attached hydrogen (secondary N) is 1. The Morgan fingerprint density at radius 2 is 1.81 bits per heavy atom. The second-order valence-electron chi connectivity index (χ2n) is 10.5. The third kappa shape index (κ3) is 7.67. The van der Waals surface area contributed by atoms with Gasteiger partial charge in [-0.2, -0.15) is 0 Å². The van der Waals surface area contributed by atoms with E-state index in [4.69, 9.17) is 14.2 Å². The van der Waals surface area contributed by atoms with Crippen molar-refractivity contribution in [1.29, 1.82) is 0 Å².